The number of benzene rings is 1. The van der Waals surface area contributed by atoms with Gasteiger partial charge in [-0.3, -0.25) is 4.99 Å². The smallest absolute Gasteiger partial charge is 0.194 e. The lowest BCUT2D eigenvalue weighted by Gasteiger charge is -2.37. The number of nitrogens with zero attached hydrogens (tertiary/aromatic N) is 3. The maximum absolute atomic E-state index is 5.24. The molecule has 0 radical (unpaired) electrons. The first kappa shape index (κ1) is 23.2. The molecular formula is C19H33IN4OS. The molecule has 0 bridgehead atoms. The summed E-state index contributed by atoms with van der Waals surface area (Å²) in [5.74, 6) is 3.21. The molecular weight excluding hydrogens is 459 g/mol. The highest BCUT2D eigenvalue weighted by molar-refractivity contribution is 14.0. The van der Waals surface area contributed by atoms with Crippen molar-refractivity contribution in [2.24, 2.45) is 4.99 Å². The monoisotopic (exact) mass is 492 g/mol. The lowest BCUT2D eigenvalue weighted by Crippen LogP contribution is -2.52. The van der Waals surface area contributed by atoms with Crippen LogP contribution < -0.4 is 15.0 Å². The van der Waals surface area contributed by atoms with Crippen molar-refractivity contribution >= 4 is 47.4 Å². The summed E-state index contributed by atoms with van der Waals surface area (Å²) in [6.07, 6.45) is 4.58. The van der Waals surface area contributed by atoms with E-state index in [-0.39, 0.29) is 24.0 Å². The van der Waals surface area contributed by atoms with E-state index in [1.807, 2.05) is 23.9 Å². The molecule has 0 aromatic heterocycles. The van der Waals surface area contributed by atoms with Gasteiger partial charge in [-0.1, -0.05) is 0 Å². The molecule has 1 fully saturated rings. The highest BCUT2D eigenvalue weighted by Crippen LogP contribution is 2.20. The largest absolute Gasteiger partial charge is 0.497 e. The van der Waals surface area contributed by atoms with Gasteiger partial charge >= 0.3 is 0 Å². The van der Waals surface area contributed by atoms with E-state index in [1.165, 1.54) is 24.3 Å². The Morgan fingerprint density at radius 1 is 1.15 bits per heavy atom. The molecule has 1 aliphatic heterocycles. The number of anilines is 1. The zero-order chi connectivity index (χ0) is 17.9. The third kappa shape index (κ3) is 7.42. The summed E-state index contributed by atoms with van der Waals surface area (Å²) < 4.78 is 5.24. The topological polar surface area (TPSA) is 40.1 Å². The Morgan fingerprint density at radius 3 is 2.42 bits per heavy atom. The quantitative estimate of drug-likeness (QED) is 0.260. The molecule has 0 atom stereocenters. The molecule has 26 heavy (non-hydrogen) atoms. The van der Waals surface area contributed by atoms with Gasteiger partial charge in [-0.2, -0.15) is 11.8 Å². The van der Waals surface area contributed by atoms with Crippen LogP contribution >= 0.6 is 35.7 Å². The fourth-order valence-corrected chi connectivity index (χ4v) is 3.43. The predicted molar refractivity (Wildman–Crippen MR) is 126 cm³/mol. The highest BCUT2D eigenvalue weighted by atomic mass is 127. The van der Waals surface area contributed by atoms with Crippen molar-refractivity contribution < 1.29 is 4.74 Å². The molecule has 7 heteroatoms. The van der Waals surface area contributed by atoms with Crippen molar-refractivity contribution in [3.05, 3.63) is 24.3 Å². The minimum absolute atomic E-state index is 0. The van der Waals surface area contributed by atoms with Gasteiger partial charge in [0.1, 0.15) is 5.75 Å². The van der Waals surface area contributed by atoms with Crippen molar-refractivity contribution in [3.8, 4) is 5.75 Å². The van der Waals surface area contributed by atoms with Crippen LogP contribution in [0.3, 0.4) is 0 Å². The molecule has 0 spiro atoms. The van der Waals surface area contributed by atoms with Gasteiger partial charge in [-0.15, -0.1) is 24.0 Å². The van der Waals surface area contributed by atoms with Gasteiger partial charge in [-0.05, 0) is 56.0 Å². The number of nitrogens with one attached hydrogen (secondary N) is 1. The van der Waals surface area contributed by atoms with Crippen LogP contribution in [0.1, 0.15) is 19.8 Å². The number of aliphatic imine (C=N–C) groups is 1. The van der Waals surface area contributed by atoms with Crippen molar-refractivity contribution in [1.29, 1.82) is 0 Å². The molecule has 0 aliphatic carbocycles. The van der Waals surface area contributed by atoms with Crippen LogP contribution in [0, 0.1) is 0 Å². The van der Waals surface area contributed by atoms with Crippen molar-refractivity contribution in [1.82, 2.24) is 10.2 Å². The first-order valence-electron chi connectivity index (χ1n) is 9.19. The lowest BCUT2D eigenvalue weighted by atomic mass is 10.2. The van der Waals surface area contributed by atoms with Crippen molar-refractivity contribution in [3.63, 3.8) is 0 Å². The second-order valence-corrected chi connectivity index (χ2v) is 7.09. The van der Waals surface area contributed by atoms with Gasteiger partial charge in [0, 0.05) is 45.0 Å². The molecule has 1 aromatic rings. The number of methoxy groups -OCH3 is 1. The standard InChI is InChI=1S/C19H32N4OS.HI/c1-4-20-19(21-11-5-6-16-25-3)23-14-12-22(13-15-23)17-7-9-18(24-2)10-8-17;/h7-10H,4-6,11-16H2,1-3H3,(H,20,21);1H. The Labute approximate surface area is 180 Å². The molecule has 148 valence electrons. The molecule has 0 amide bonds. The molecule has 2 rings (SSSR count). The van der Waals surface area contributed by atoms with Crippen molar-refractivity contribution in [2.75, 3.05) is 63.3 Å². The molecule has 0 saturated carbocycles. The molecule has 0 unspecified atom stereocenters. The fourth-order valence-electron chi connectivity index (χ4n) is 2.94. The average Bonchev–Trinajstić information content (AvgIpc) is 2.67. The molecule has 1 N–H and O–H groups in total. The van der Waals surface area contributed by atoms with Gasteiger partial charge in [-0.25, -0.2) is 0 Å². The SMILES string of the molecule is CCNC(=NCCCCSC)N1CCN(c2ccc(OC)cc2)CC1.I. The van der Waals surface area contributed by atoms with E-state index in [9.17, 15) is 0 Å². The van der Waals surface area contributed by atoms with E-state index in [2.05, 4.69) is 40.4 Å². The van der Waals surface area contributed by atoms with Crippen LogP contribution in [0.4, 0.5) is 5.69 Å². The van der Waals surface area contributed by atoms with E-state index < -0.39 is 0 Å². The van der Waals surface area contributed by atoms with Crippen LogP contribution in [0.25, 0.3) is 0 Å². The van der Waals surface area contributed by atoms with Crippen LogP contribution in [-0.2, 0) is 0 Å². The second kappa shape index (κ2) is 13.4. The number of thioether (sulfide) groups is 1. The predicted octanol–water partition coefficient (Wildman–Crippen LogP) is 3.54. The Morgan fingerprint density at radius 2 is 1.85 bits per heavy atom. The molecule has 1 aliphatic rings. The third-order valence-corrected chi connectivity index (χ3v) is 5.07. The summed E-state index contributed by atoms with van der Waals surface area (Å²) >= 11 is 1.91. The number of hydrogen-bond donors (Lipinski definition) is 1. The molecule has 1 heterocycles. The number of unbranched alkanes of at least 4 members (excludes halogenated alkanes) is 1. The summed E-state index contributed by atoms with van der Waals surface area (Å²) in [6, 6.07) is 8.34. The Kier molecular flexibility index (Phi) is 11.9. The van der Waals surface area contributed by atoms with Crippen LogP contribution in [0.15, 0.2) is 29.3 Å². The highest BCUT2D eigenvalue weighted by Gasteiger charge is 2.19. The van der Waals surface area contributed by atoms with E-state index in [4.69, 9.17) is 9.73 Å². The summed E-state index contributed by atoms with van der Waals surface area (Å²) in [5, 5.41) is 3.45. The fraction of sp³-hybridized carbons (Fsp3) is 0.632. The normalized spacial score (nSPS) is 14.8. The maximum atomic E-state index is 5.24. The third-order valence-electron chi connectivity index (χ3n) is 4.37. The minimum Gasteiger partial charge on any atom is -0.497 e. The molecule has 1 aromatic carbocycles. The first-order valence-corrected chi connectivity index (χ1v) is 10.6. The Hall–Kier alpha value is -0.830. The van der Waals surface area contributed by atoms with Gasteiger partial charge in [0.25, 0.3) is 0 Å². The second-order valence-electron chi connectivity index (χ2n) is 6.11. The number of ether oxygens (including phenoxy) is 1. The Balaban J connectivity index is 0.00000338. The number of guanidine groups is 1. The molecule has 5 nitrogen and oxygen atoms in total. The lowest BCUT2D eigenvalue weighted by molar-refractivity contribution is 0.372. The summed E-state index contributed by atoms with van der Waals surface area (Å²) in [4.78, 5) is 9.63. The summed E-state index contributed by atoms with van der Waals surface area (Å²) in [7, 11) is 1.70. The minimum atomic E-state index is 0. The zero-order valence-corrected chi connectivity index (χ0v) is 19.4. The number of rotatable bonds is 8. The summed E-state index contributed by atoms with van der Waals surface area (Å²) in [5.41, 5.74) is 1.26. The van der Waals surface area contributed by atoms with Gasteiger partial charge < -0.3 is 19.9 Å². The van der Waals surface area contributed by atoms with Crippen LogP contribution in [0.2, 0.25) is 0 Å². The Bertz CT molecular complexity index is 519. The number of piperazine rings is 1. The van der Waals surface area contributed by atoms with Crippen molar-refractivity contribution in [2.45, 2.75) is 19.8 Å². The maximum Gasteiger partial charge on any atom is 0.194 e. The first-order chi connectivity index (χ1) is 12.3. The van der Waals surface area contributed by atoms with Crippen LogP contribution in [-0.4, -0.2) is 69.2 Å². The number of hydrogen-bond acceptors (Lipinski definition) is 4. The number of halogens is 1. The molecule has 1 saturated heterocycles. The van der Waals surface area contributed by atoms with E-state index in [1.54, 1.807) is 7.11 Å². The van der Waals surface area contributed by atoms with Gasteiger partial charge in [0.05, 0.1) is 7.11 Å². The van der Waals surface area contributed by atoms with E-state index in [0.717, 1.165) is 51.0 Å². The van der Waals surface area contributed by atoms with E-state index >= 15 is 0 Å². The van der Waals surface area contributed by atoms with Gasteiger partial charge in [0.15, 0.2) is 5.96 Å². The summed E-state index contributed by atoms with van der Waals surface area (Å²) in [6.45, 7) is 8.01. The van der Waals surface area contributed by atoms with Crippen LogP contribution in [0.5, 0.6) is 5.75 Å². The van der Waals surface area contributed by atoms with Gasteiger partial charge in [0.2, 0.25) is 0 Å². The van der Waals surface area contributed by atoms with E-state index in [0.29, 0.717) is 0 Å². The zero-order valence-electron chi connectivity index (χ0n) is 16.2. The average molecular weight is 492 g/mol.